The molecule has 0 spiro atoms. The molecule has 0 aliphatic carbocycles. The second-order valence-corrected chi connectivity index (χ2v) is 4.91. The highest BCUT2D eigenvalue weighted by Crippen LogP contribution is 2.13. The minimum absolute atomic E-state index is 0.0254. The van der Waals surface area contributed by atoms with E-state index < -0.39 is 0 Å². The summed E-state index contributed by atoms with van der Waals surface area (Å²) in [5, 5.41) is 3.89. The van der Waals surface area contributed by atoms with Crippen LogP contribution in [0.2, 0.25) is 5.02 Å². The molecule has 0 bridgehead atoms. The summed E-state index contributed by atoms with van der Waals surface area (Å²) in [7, 11) is 0. The first-order valence-corrected chi connectivity index (χ1v) is 6.11. The third-order valence-corrected chi connectivity index (χ3v) is 3.20. The van der Waals surface area contributed by atoms with E-state index in [1.54, 1.807) is 12.1 Å². The second-order valence-electron chi connectivity index (χ2n) is 4.48. The molecule has 1 saturated heterocycles. The Morgan fingerprint density at radius 3 is 2.94 bits per heavy atom. The van der Waals surface area contributed by atoms with Crippen LogP contribution < -0.4 is 5.32 Å². The van der Waals surface area contributed by atoms with Crippen molar-refractivity contribution in [2.75, 3.05) is 13.1 Å². The zero-order valence-corrected chi connectivity index (χ0v) is 10.7. The molecular formula is C12H16ClN3O. The Balaban J connectivity index is 2.15. The van der Waals surface area contributed by atoms with E-state index in [-0.39, 0.29) is 11.9 Å². The SMILES string of the molecule is CC1CN(C(=O)c2ccc(Cl)cn2)C(C)CN1. The molecule has 1 aromatic heterocycles. The van der Waals surface area contributed by atoms with Gasteiger partial charge in [0.2, 0.25) is 0 Å². The van der Waals surface area contributed by atoms with Gasteiger partial charge in [-0.3, -0.25) is 4.79 Å². The molecule has 2 atom stereocenters. The fraction of sp³-hybridized carbons (Fsp3) is 0.500. The van der Waals surface area contributed by atoms with Crippen LogP contribution >= 0.6 is 11.6 Å². The maximum absolute atomic E-state index is 12.3. The van der Waals surface area contributed by atoms with E-state index in [1.807, 2.05) is 11.8 Å². The number of piperazine rings is 1. The first-order valence-electron chi connectivity index (χ1n) is 5.74. The van der Waals surface area contributed by atoms with Crippen molar-refractivity contribution in [1.82, 2.24) is 15.2 Å². The lowest BCUT2D eigenvalue weighted by Crippen LogP contribution is -2.56. The number of pyridine rings is 1. The lowest BCUT2D eigenvalue weighted by molar-refractivity contribution is 0.0610. The Bertz CT molecular complexity index is 407. The van der Waals surface area contributed by atoms with Gasteiger partial charge in [0.1, 0.15) is 5.69 Å². The number of aromatic nitrogens is 1. The van der Waals surface area contributed by atoms with Crippen LogP contribution in [0.1, 0.15) is 24.3 Å². The van der Waals surface area contributed by atoms with Crippen molar-refractivity contribution in [2.45, 2.75) is 25.9 Å². The van der Waals surface area contributed by atoms with Crippen molar-refractivity contribution in [3.05, 3.63) is 29.0 Å². The van der Waals surface area contributed by atoms with Crippen LogP contribution in [0, 0.1) is 0 Å². The molecule has 2 rings (SSSR count). The Labute approximate surface area is 106 Å². The van der Waals surface area contributed by atoms with Crippen molar-refractivity contribution >= 4 is 17.5 Å². The minimum Gasteiger partial charge on any atom is -0.332 e. The molecule has 4 nitrogen and oxygen atoms in total. The van der Waals surface area contributed by atoms with E-state index in [2.05, 4.69) is 17.2 Å². The standard InChI is InChI=1S/C12H16ClN3O/c1-8-7-16(9(2)5-14-8)12(17)11-4-3-10(13)6-15-11/h3-4,6,8-9,14H,5,7H2,1-2H3. The third-order valence-electron chi connectivity index (χ3n) is 2.97. The Morgan fingerprint density at radius 2 is 2.29 bits per heavy atom. The van der Waals surface area contributed by atoms with E-state index in [0.29, 0.717) is 23.3 Å². The number of halogens is 1. The topological polar surface area (TPSA) is 45.2 Å². The molecule has 2 heterocycles. The van der Waals surface area contributed by atoms with Gasteiger partial charge in [-0.2, -0.15) is 0 Å². The summed E-state index contributed by atoms with van der Waals surface area (Å²) in [4.78, 5) is 18.2. The Kier molecular flexibility index (Phi) is 3.64. The molecule has 92 valence electrons. The number of carbonyl (C=O) groups excluding carboxylic acids is 1. The molecule has 1 N–H and O–H groups in total. The van der Waals surface area contributed by atoms with Crippen LogP contribution in [-0.4, -0.2) is 41.0 Å². The molecular weight excluding hydrogens is 238 g/mol. The third kappa shape index (κ3) is 2.76. The van der Waals surface area contributed by atoms with E-state index in [1.165, 1.54) is 6.20 Å². The first kappa shape index (κ1) is 12.3. The predicted octanol–water partition coefficient (Wildman–Crippen LogP) is 1.56. The number of nitrogens with one attached hydrogen (secondary N) is 1. The van der Waals surface area contributed by atoms with Crippen LogP contribution in [0.15, 0.2) is 18.3 Å². The molecule has 17 heavy (non-hydrogen) atoms. The Hall–Kier alpha value is -1.13. The molecule has 0 radical (unpaired) electrons. The summed E-state index contributed by atoms with van der Waals surface area (Å²) in [5.74, 6) is -0.0254. The summed E-state index contributed by atoms with van der Waals surface area (Å²) in [6.45, 7) is 5.64. The van der Waals surface area contributed by atoms with Gasteiger partial charge in [-0.1, -0.05) is 11.6 Å². The number of amides is 1. The van der Waals surface area contributed by atoms with Gasteiger partial charge in [0, 0.05) is 31.4 Å². The monoisotopic (exact) mass is 253 g/mol. The van der Waals surface area contributed by atoms with Gasteiger partial charge in [0.05, 0.1) is 5.02 Å². The van der Waals surface area contributed by atoms with Gasteiger partial charge >= 0.3 is 0 Å². The maximum Gasteiger partial charge on any atom is 0.272 e. The van der Waals surface area contributed by atoms with Gasteiger partial charge in [-0.05, 0) is 26.0 Å². The normalized spacial score (nSPS) is 24.8. The summed E-state index contributed by atoms with van der Waals surface area (Å²) in [6, 6.07) is 3.88. The van der Waals surface area contributed by atoms with E-state index >= 15 is 0 Å². The van der Waals surface area contributed by atoms with Crippen molar-refractivity contribution in [3.63, 3.8) is 0 Å². The highest BCUT2D eigenvalue weighted by atomic mass is 35.5. The molecule has 1 amide bonds. The van der Waals surface area contributed by atoms with Crippen LogP contribution in [-0.2, 0) is 0 Å². The highest BCUT2D eigenvalue weighted by Gasteiger charge is 2.27. The van der Waals surface area contributed by atoms with Gasteiger partial charge < -0.3 is 10.2 Å². The molecule has 1 aliphatic rings. The quantitative estimate of drug-likeness (QED) is 0.826. The lowest BCUT2D eigenvalue weighted by atomic mass is 10.1. The first-order chi connectivity index (χ1) is 8.08. The molecule has 0 saturated carbocycles. The van der Waals surface area contributed by atoms with Gasteiger partial charge in [0.25, 0.3) is 5.91 Å². The van der Waals surface area contributed by atoms with Crippen LogP contribution in [0.5, 0.6) is 0 Å². The van der Waals surface area contributed by atoms with E-state index in [4.69, 9.17) is 11.6 Å². The number of rotatable bonds is 1. The van der Waals surface area contributed by atoms with Crippen molar-refractivity contribution in [2.24, 2.45) is 0 Å². The van der Waals surface area contributed by atoms with Gasteiger partial charge in [0.15, 0.2) is 0 Å². The zero-order valence-electron chi connectivity index (χ0n) is 9.98. The zero-order chi connectivity index (χ0) is 12.4. The molecule has 1 aliphatic heterocycles. The minimum atomic E-state index is -0.0254. The molecule has 0 aromatic carbocycles. The summed E-state index contributed by atoms with van der Waals surface area (Å²) in [5.41, 5.74) is 0.454. The van der Waals surface area contributed by atoms with Crippen LogP contribution in [0.4, 0.5) is 0 Å². The molecule has 2 unspecified atom stereocenters. The highest BCUT2D eigenvalue weighted by molar-refractivity contribution is 6.30. The van der Waals surface area contributed by atoms with Gasteiger partial charge in [-0.25, -0.2) is 4.98 Å². The average Bonchev–Trinajstić information content (AvgIpc) is 2.32. The van der Waals surface area contributed by atoms with Crippen molar-refractivity contribution < 1.29 is 4.79 Å². The van der Waals surface area contributed by atoms with Crippen LogP contribution in [0.3, 0.4) is 0 Å². The summed E-state index contributed by atoms with van der Waals surface area (Å²) >= 11 is 5.76. The van der Waals surface area contributed by atoms with Crippen molar-refractivity contribution in [3.8, 4) is 0 Å². The number of nitrogens with zero attached hydrogens (tertiary/aromatic N) is 2. The fourth-order valence-corrected chi connectivity index (χ4v) is 2.07. The summed E-state index contributed by atoms with van der Waals surface area (Å²) < 4.78 is 0. The van der Waals surface area contributed by atoms with Gasteiger partial charge in [-0.15, -0.1) is 0 Å². The van der Waals surface area contributed by atoms with E-state index in [0.717, 1.165) is 6.54 Å². The molecule has 5 heteroatoms. The molecule has 1 fully saturated rings. The number of hydrogen-bond acceptors (Lipinski definition) is 3. The largest absolute Gasteiger partial charge is 0.332 e. The second kappa shape index (κ2) is 5.02. The van der Waals surface area contributed by atoms with Crippen molar-refractivity contribution in [1.29, 1.82) is 0 Å². The summed E-state index contributed by atoms with van der Waals surface area (Å²) in [6.07, 6.45) is 1.51. The van der Waals surface area contributed by atoms with E-state index in [9.17, 15) is 4.79 Å². The smallest absolute Gasteiger partial charge is 0.272 e. The average molecular weight is 254 g/mol. The Morgan fingerprint density at radius 1 is 1.53 bits per heavy atom. The number of carbonyl (C=O) groups is 1. The fourth-order valence-electron chi connectivity index (χ4n) is 1.95. The van der Waals surface area contributed by atoms with Crippen LogP contribution in [0.25, 0.3) is 0 Å². The molecule has 1 aromatic rings. The number of hydrogen-bond donors (Lipinski definition) is 1. The predicted molar refractivity (Wildman–Crippen MR) is 67.2 cm³/mol. The maximum atomic E-state index is 12.3. The lowest BCUT2D eigenvalue weighted by Gasteiger charge is -2.37.